The Bertz CT molecular complexity index is 1770. The van der Waals surface area contributed by atoms with E-state index in [0.717, 1.165) is 22.6 Å². The Kier molecular flexibility index (Phi) is 9.24. The van der Waals surface area contributed by atoms with E-state index < -0.39 is 33.4 Å². The van der Waals surface area contributed by atoms with Gasteiger partial charge in [0.25, 0.3) is 5.91 Å². The summed E-state index contributed by atoms with van der Waals surface area (Å²) >= 11 is 0. The Morgan fingerprint density at radius 1 is 0.796 bits per heavy atom. The molecule has 0 saturated carbocycles. The summed E-state index contributed by atoms with van der Waals surface area (Å²) in [6, 6.07) is 16.9. The van der Waals surface area contributed by atoms with Crippen LogP contribution in [0.2, 0.25) is 0 Å². The number of nitrogens with one attached hydrogen (secondary N) is 1. The molecule has 12 nitrogen and oxygen atoms in total. The van der Waals surface area contributed by atoms with E-state index >= 15 is 0 Å². The molecule has 3 unspecified atom stereocenters. The number of benzene rings is 2. The predicted octanol–water partition coefficient (Wildman–Crippen LogP) is 4.07. The maximum Gasteiger partial charge on any atom is 0.252 e. The quantitative estimate of drug-likeness (QED) is 0.367. The number of carbonyl (C=O) groups is 5. The smallest absolute Gasteiger partial charge is 0.252 e. The first-order chi connectivity index (χ1) is 23.7. The van der Waals surface area contributed by atoms with Crippen LogP contribution in [0.3, 0.4) is 0 Å². The van der Waals surface area contributed by atoms with Gasteiger partial charge in [0.15, 0.2) is 0 Å². The van der Waals surface area contributed by atoms with Crippen molar-refractivity contribution in [2.24, 2.45) is 11.5 Å². The van der Waals surface area contributed by atoms with Gasteiger partial charge in [0.2, 0.25) is 23.6 Å². The van der Waals surface area contributed by atoms with E-state index in [1.54, 1.807) is 12.1 Å². The largest absolute Gasteiger partial charge is 0.348 e. The van der Waals surface area contributed by atoms with Crippen molar-refractivity contribution in [2.75, 3.05) is 0 Å². The molecule has 2 aromatic carbocycles. The van der Waals surface area contributed by atoms with E-state index in [2.05, 4.69) is 11.4 Å². The summed E-state index contributed by atoms with van der Waals surface area (Å²) in [5, 5.41) is 10.9. The summed E-state index contributed by atoms with van der Waals surface area (Å²) in [6.45, 7) is 2.31. The van der Waals surface area contributed by atoms with Gasteiger partial charge in [0.1, 0.15) is 11.8 Å². The summed E-state index contributed by atoms with van der Waals surface area (Å²) in [5.41, 5.74) is 15.9. The molecule has 0 radical (unpaired) electrons. The van der Waals surface area contributed by atoms with E-state index in [1.807, 2.05) is 67.6 Å². The van der Waals surface area contributed by atoms with Crippen molar-refractivity contribution in [3.63, 3.8) is 0 Å². The lowest BCUT2D eigenvalue weighted by Gasteiger charge is -2.35. The molecule has 0 bridgehead atoms. The Morgan fingerprint density at radius 3 is 2.08 bits per heavy atom. The lowest BCUT2D eigenvalue weighted by atomic mass is 10.1. The van der Waals surface area contributed by atoms with Crippen LogP contribution in [0.4, 0.5) is 0 Å². The van der Waals surface area contributed by atoms with Gasteiger partial charge < -0.3 is 16.8 Å². The van der Waals surface area contributed by atoms with Crippen molar-refractivity contribution >= 4 is 51.5 Å². The van der Waals surface area contributed by atoms with Crippen LogP contribution in [-0.2, 0) is 25.7 Å². The number of nitrogens with zero attached hydrogens (tertiary/aromatic N) is 4. The van der Waals surface area contributed by atoms with E-state index in [0.29, 0.717) is 24.1 Å². The second kappa shape index (κ2) is 13.6. The number of hydrogen-bond acceptors (Lipinski definition) is 7. The third kappa shape index (κ3) is 5.91. The van der Waals surface area contributed by atoms with Crippen molar-refractivity contribution in [2.45, 2.75) is 75.4 Å². The minimum Gasteiger partial charge on any atom is -0.348 e. The Balaban J connectivity index is 1.26. The fourth-order valence-electron chi connectivity index (χ4n) is 7.31. The fourth-order valence-corrected chi connectivity index (χ4v) is 13.7. The molecule has 5 aliphatic rings. The first-order valence-corrected chi connectivity index (χ1v) is 19.5. The maximum atomic E-state index is 13.6. The molecule has 4 heterocycles. The zero-order valence-corrected chi connectivity index (χ0v) is 28.9. The molecule has 5 N–H and O–H groups in total. The second-order valence-corrected chi connectivity index (χ2v) is 17.5. The Morgan fingerprint density at radius 2 is 1.39 bits per heavy atom. The van der Waals surface area contributed by atoms with Gasteiger partial charge >= 0.3 is 0 Å². The second-order valence-electron chi connectivity index (χ2n) is 12.5. The SMILES string of the molecule is C[C@H]1N2C(=O)CCC(=O)N2[C@H](N)P1C1=C(P2C(C=Cc3ccccc3C(=O)NCc3ccccc3)N3C(=O)CCC(=O)N3[C@@H]2N)CCC=C1. The van der Waals surface area contributed by atoms with Gasteiger partial charge in [-0.2, -0.15) is 0 Å². The van der Waals surface area contributed by atoms with E-state index in [9.17, 15) is 24.0 Å². The van der Waals surface area contributed by atoms with Crippen molar-refractivity contribution in [1.29, 1.82) is 0 Å². The summed E-state index contributed by atoms with van der Waals surface area (Å²) in [7, 11) is -2.66. The van der Waals surface area contributed by atoms with Crippen LogP contribution >= 0.6 is 15.8 Å². The van der Waals surface area contributed by atoms with Gasteiger partial charge in [-0.1, -0.05) is 72.8 Å². The monoisotopic (exact) mass is 699 g/mol. The highest BCUT2D eigenvalue weighted by Crippen LogP contribution is 2.70. The summed E-state index contributed by atoms with van der Waals surface area (Å²) in [5.74, 6) is -3.24. The molecule has 0 aromatic heterocycles. The summed E-state index contributed by atoms with van der Waals surface area (Å²) < 4.78 is 0. The zero-order valence-electron chi connectivity index (χ0n) is 27.1. The summed E-state index contributed by atoms with van der Waals surface area (Å²) in [6.07, 6.45) is 9.72. The minimum atomic E-state index is -1.40. The highest BCUT2D eigenvalue weighted by molar-refractivity contribution is 7.68. The molecule has 6 atom stereocenters. The Labute approximate surface area is 287 Å². The molecule has 49 heavy (non-hydrogen) atoms. The van der Waals surface area contributed by atoms with Gasteiger partial charge in [-0.05, 0) is 63.4 Å². The fraction of sp³-hybridized carbons (Fsp3) is 0.343. The topological polar surface area (TPSA) is 162 Å². The number of amides is 5. The van der Waals surface area contributed by atoms with Crippen LogP contribution < -0.4 is 16.8 Å². The molecule has 5 amide bonds. The molecular formula is C35H39N7O5P2. The molecule has 4 aliphatic heterocycles. The number of rotatable bonds is 7. The molecule has 0 spiro atoms. The van der Waals surface area contributed by atoms with Crippen LogP contribution in [0.25, 0.3) is 6.08 Å². The third-order valence-corrected chi connectivity index (χ3v) is 15.4. The van der Waals surface area contributed by atoms with Crippen LogP contribution in [0.15, 0.2) is 83.5 Å². The maximum absolute atomic E-state index is 13.6. The number of carbonyl (C=O) groups excluding carboxylic acids is 5. The van der Waals surface area contributed by atoms with Gasteiger partial charge in [-0.3, -0.25) is 24.0 Å². The van der Waals surface area contributed by atoms with Crippen LogP contribution in [0, 0.1) is 0 Å². The van der Waals surface area contributed by atoms with Gasteiger partial charge in [-0.25, -0.2) is 20.0 Å². The molecule has 254 valence electrons. The van der Waals surface area contributed by atoms with Crippen molar-refractivity contribution in [1.82, 2.24) is 25.4 Å². The van der Waals surface area contributed by atoms with E-state index in [1.165, 1.54) is 20.0 Å². The minimum absolute atomic E-state index is 0.0849. The van der Waals surface area contributed by atoms with Crippen LogP contribution in [-0.4, -0.2) is 73.0 Å². The van der Waals surface area contributed by atoms with Gasteiger partial charge in [0, 0.05) is 37.8 Å². The number of nitrogens with two attached hydrogens (primary N) is 2. The van der Waals surface area contributed by atoms with Crippen LogP contribution in [0.5, 0.6) is 0 Å². The van der Waals surface area contributed by atoms with Crippen molar-refractivity contribution < 1.29 is 24.0 Å². The number of fused-ring (bicyclic) bond motifs is 2. The number of allylic oxidation sites excluding steroid dienone is 4. The summed E-state index contributed by atoms with van der Waals surface area (Å²) in [4.78, 5) is 66.3. The molecule has 4 fully saturated rings. The highest BCUT2D eigenvalue weighted by Gasteiger charge is 2.55. The van der Waals surface area contributed by atoms with E-state index in [4.69, 9.17) is 11.5 Å². The van der Waals surface area contributed by atoms with Crippen LogP contribution in [0.1, 0.15) is 66.9 Å². The zero-order chi connectivity index (χ0) is 34.4. The molecular weight excluding hydrogens is 660 g/mol. The average molecular weight is 700 g/mol. The highest BCUT2D eigenvalue weighted by atomic mass is 31.1. The van der Waals surface area contributed by atoms with Crippen molar-refractivity contribution in [3.05, 3.63) is 100 Å². The molecule has 2 aromatic rings. The average Bonchev–Trinajstić information content (AvgIpc) is 3.56. The van der Waals surface area contributed by atoms with Crippen molar-refractivity contribution in [3.8, 4) is 0 Å². The molecule has 4 saturated heterocycles. The molecule has 1 aliphatic carbocycles. The molecule has 7 rings (SSSR count). The first-order valence-electron chi connectivity index (χ1n) is 16.5. The van der Waals surface area contributed by atoms with Gasteiger partial charge in [-0.15, -0.1) is 0 Å². The number of hydrazine groups is 2. The lowest BCUT2D eigenvalue weighted by Crippen LogP contribution is -2.55. The predicted molar refractivity (Wildman–Crippen MR) is 187 cm³/mol. The lowest BCUT2D eigenvalue weighted by molar-refractivity contribution is -0.170. The third-order valence-electron chi connectivity index (χ3n) is 9.61. The Hall–Kier alpha value is -4.21. The first kappa shape index (κ1) is 33.3. The van der Waals surface area contributed by atoms with Gasteiger partial charge in [0.05, 0.1) is 11.6 Å². The standard InChI is InChI=1S/C35H39N7O5P2/c1-22-39-28(43)16-18-30(45)41(39)34(36)48(22)26-13-7-8-14-27(26)49-32(40-29(44)17-19-31(46)42(40)35(49)37)20-15-24-11-5-6-12-25(24)33(47)38-21-23-9-3-2-4-10-23/h2-7,9-13,15,20,22,32,34-35H,8,14,16-19,21,36-37H2,1H3,(H,38,47)/t22-,32?,34-,35-,48?,49?/m0/s1. The molecule has 14 heteroatoms. The van der Waals surface area contributed by atoms with E-state index in [-0.39, 0.29) is 61.0 Å². The number of hydrogen-bond donors (Lipinski definition) is 3. The normalized spacial score (nSPS) is 28.6.